The van der Waals surface area contributed by atoms with Crippen molar-refractivity contribution in [3.63, 3.8) is 0 Å². The van der Waals surface area contributed by atoms with E-state index >= 15 is 0 Å². The smallest absolute Gasteiger partial charge is 0 e. The number of carboxylic acids is 4. The zero-order valence-electron chi connectivity index (χ0n) is 30.0. The largest absolute Gasteiger partial charge is 0 e. The fraction of sp³-hybridized carbons (Fsp3) is 0.344. The molecule has 58 heavy (non-hydrogen) atoms. The van der Waals surface area contributed by atoms with Crippen molar-refractivity contribution in [1.82, 2.24) is 33.8 Å². The predicted octanol–water partition coefficient (Wildman–Crippen LogP) is -1.36. The molecule has 1 unspecified atom stereocenters. The molecule has 0 aliphatic rings. The number of nitrogens with zero attached hydrogens (tertiary/aromatic N) is 7. The van der Waals surface area contributed by atoms with Gasteiger partial charge < -0.3 is 53.4 Å². The molecule has 0 fully saturated rings. The summed E-state index contributed by atoms with van der Waals surface area (Å²) in [6, 6.07) is 6.18. The Kier molecular flexibility index (Phi) is 28.2. The number of hydrogen-bond donors (Lipinski definition) is 5. The van der Waals surface area contributed by atoms with E-state index in [0.717, 1.165) is 0 Å². The molecule has 2 amide bonds. The summed E-state index contributed by atoms with van der Waals surface area (Å²) in [5.41, 5.74) is 0.341. The van der Waals surface area contributed by atoms with Crippen LogP contribution >= 0.6 is 0 Å². The second kappa shape index (κ2) is 30.2. The van der Waals surface area contributed by atoms with Crippen LogP contribution in [0.5, 0.6) is 5.75 Å². The Balaban J connectivity index is 0. The van der Waals surface area contributed by atoms with Gasteiger partial charge in [0.2, 0.25) is 11.8 Å². The van der Waals surface area contributed by atoms with E-state index in [1.165, 1.54) is 46.1 Å². The molecule has 0 aliphatic heterocycles. The van der Waals surface area contributed by atoms with Gasteiger partial charge in [0, 0.05) is 68.7 Å². The van der Waals surface area contributed by atoms with Crippen LogP contribution in [-0.4, -0.2) is 138 Å². The molecule has 0 bridgehead atoms. The molecule has 0 spiro atoms. The number of carbonyl (C=O) groups is 6. The first-order valence-corrected chi connectivity index (χ1v) is 16.6. The molecule has 1 atom stereocenters. The molecule has 0 saturated heterocycles. The van der Waals surface area contributed by atoms with Crippen molar-refractivity contribution in [2.75, 3.05) is 44.1 Å². The van der Waals surface area contributed by atoms with E-state index in [1.54, 1.807) is 12.1 Å². The van der Waals surface area contributed by atoms with Gasteiger partial charge in [0.15, 0.2) is 0 Å². The van der Waals surface area contributed by atoms with Gasteiger partial charge in [-0.15, -0.1) is 0 Å². The normalized spacial score (nSPS) is 10.2. The number of nitrogens with one attached hydrogen (secondary N) is 1. The van der Waals surface area contributed by atoms with Crippen molar-refractivity contribution in [1.29, 1.82) is 0 Å². The van der Waals surface area contributed by atoms with Gasteiger partial charge >= 0.3 is 57.8 Å². The SMILES string of the molecule is O=C(O)CN(CC(=O)O)C(=O)Cn1ccnc1CN(CCCOc1ccc(NS(=O)[O-])cc1)Cc1nccn1CC(=O)N(CC(=O)O)CC(=O)O.[C-]#[O+].[C-]#[O+].[C-]#[O+].[Re]. The fourth-order valence-electron chi connectivity index (χ4n) is 4.69. The van der Waals surface area contributed by atoms with Crippen LogP contribution in [0.1, 0.15) is 18.1 Å². The molecule has 3 rings (SSSR count). The number of aliphatic carboxylic acids is 4. The van der Waals surface area contributed by atoms with E-state index in [-0.39, 0.29) is 40.1 Å². The van der Waals surface area contributed by atoms with E-state index in [2.05, 4.69) is 34.6 Å². The molecular formula is C32H35N8O16ReS-. The van der Waals surface area contributed by atoms with E-state index in [4.69, 9.17) is 39.1 Å². The quantitative estimate of drug-likeness (QED) is 0.0317. The van der Waals surface area contributed by atoms with Gasteiger partial charge in [-0.3, -0.25) is 37.9 Å². The van der Waals surface area contributed by atoms with Crippen LogP contribution in [-0.2, 0) is 101 Å². The van der Waals surface area contributed by atoms with Crippen molar-refractivity contribution in [3.05, 3.63) is 80.7 Å². The van der Waals surface area contributed by atoms with Crippen LogP contribution in [0.15, 0.2) is 49.1 Å². The summed E-state index contributed by atoms with van der Waals surface area (Å²) in [5, 5.41) is 36.6. The molecule has 3 aromatic rings. The zero-order valence-corrected chi connectivity index (χ0v) is 33.5. The minimum Gasteiger partial charge on any atom is 0 e. The van der Waals surface area contributed by atoms with E-state index in [1.807, 2.05) is 4.90 Å². The average molecular weight is 1010 g/mol. The van der Waals surface area contributed by atoms with Crippen molar-refractivity contribution in [2.45, 2.75) is 32.6 Å². The van der Waals surface area contributed by atoms with Gasteiger partial charge in [-0.05, 0) is 30.7 Å². The second-order valence-corrected chi connectivity index (χ2v) is 11.5. The monoisotopic (exact) mass is 1010 g/mol. The number of ether oxygens (including phenoxy) is 1. The first kappa shape index (κ1) is 54.1. The molecule has 0 aliphatic carbocycles. The van der Waals surface area contributed by atoms with E-state index in [9.17, 15) is 37.5 Å². The molecule has 313 valence electrons. The minimum absolute atomic E-state index is 0. The number of hydrogen-bond acceptors (Lipinski definition) is 12. The molecule has 5 N–H and O–H groups in total. The molecular weight excluding hydrogens is 971 g/mol. The standard InChI is InChI=1S/C29H36N8O13S.3CO.Re/c38-24(36(16-26(40)41)17-27(42)43)14-34-9-6-30-22(34)12-33(8-1-11-50-21-4-2-20(3-5-21)32-51(48)49)13-23-31-7-10-35(23)15-25(39)37(18-28(44)45)19-29(46)47;3*1-2;/h2-7,9-10,32H,1,8,11-19H2,(H,40,41)(H,42,43)(H,44,45)(H,46,47)(H,48,49);;;;/p-1. The third kappa shape index (κ3) is 21.4. The molecule has 24 nitrogen and oxygen atoms in total. The zero-order chi connectivity index (χ0) is 43.5. The maximum Gasteiger partial charge on any atom is 0 e. The summed E-state index contributed by atoms with van der Waals surface area (Å²) in [6.07, 6.45) is 6.16. The molecule has 2 aromatic heterocycles. The molecule has 2 heterocycles. The summed E-state index contributed by atoms with van der Waals surface area (Å²) in [6.45, 7) is 10.1. The number of carboxylic acid groups (broad SMARTS) is 4. The fourth-order valence-corrected chi connectivity index (χ4v) is 5.02. The summed E-state index contributed by atoms with van der Waals surface area (Å²) in [4.78, 5) is 82.5. The Morgan fingerprint density at radius 3 is 1.45 bits per heavy atom. The molecule has 26 heteroatoms. The Morgan fingerprint density at radius 2 is 1.10 bits per heavy atom. The Morgan fingerprint density at radius 1 is 0.724 bits per heavy atom. The van der Waals surface area contributed by atoms with Crippen molar-refractivity contribution < 1.29 is 97.1 Å². The third-order valence-corrected chi connectivity index (χ3v) is 7.30. The van der Waals surface area contributed by atoms with E-state index in [0.29, 0.717) is 45.9 Å². The van der Waals surface area contributed by atoms with Gasteiger partial charge in [0.1, 0.15) is 56.7 Å². The van der Waals surface area contributed by atoms with Gasteiger partial charge in [-0.25, -0.2) is 9.97 Å². The topological polar surface area (TPSA) is 350 Å². The Labute approximate surface area is 345 Å². The van der Waals surface area contributed by atoms with Gasteiger partial charge in [0.05, 0.1) is 19.7 Å². The van der Waals surface area contributed by atoms with Gasteiger partial charge in [-0.1, -0.05) is 0 Å². The van der Waals surface area contributed by atoms with Crippen LogP contribution in [0.4, 0.5) is 5.69 Å². The average Bonchev–Trinajstić information content (AvgIpc) is 3.79. The maximum absolute atomic E-state index is 12.9. The van der Waals surface area contributed by atoms with Crippen molar-refractivity contribution in [2.24, 2.45) is 0 Å². The summed E-state index contributed by atoms with van der Waals surface area (Å²) in [5.74, 6) is -5.96. The first-order valence-electron chi connectivity index (χ1n) is 15.5. The molecule has 1 aromatic carbocycles. The minimum atomic E-state index is -2.48. The van der Waals surface area contributed by atoms with Crippen LogP contribution in [0.2, 0.25) is 0 Å². The Hall–Kier alpha value is -5.99. The number of aromatic nitrogens is 4. The number of anilines is 1. The van der Waals surface area contributed by atoms with Crippen LogP contribution in [0.25, 0.3) is 0 Å². The summed E-state index contributed by atoms with van der Waals surface area (Å²) >= 11 is -2.48. The number of carbonyl (C=O) groups excluding carboxylic acids is 2. The van der Waals surface area contributed by atoms with Gasteiger partial charge in [0.25, 0.3) is 0 Å². The van der Waals surface area contributed by atoms with Crippen LogP contribution in [0, 0.1) is 20.0 Å². The van der Waals surface area contributed by atoms with Crippen molar-refractivity contribution in [3.8, 4) is 5.75 Å². The van der Waals surface area contributed by atoms with E-state index < -0.39 is 86.2 Å². The number of rotatable bonds is 23. The van der Waals surface area contributed by atoms with Gasteiger partial charge in [-0.2, -0.15) is 0 Å². The second-order valence-electron chi connectivity index (χ2n) is 10.8. The maximum atomic E-state index is 12.9. The predicted molar refractivity (Wildman–Crippen MR) is 183 cm³/mol. The van der Waals surface area contributed by atoms with Crippen LogP contribution in [0.3, 0.4) is 0 Å². The molecule has 0 saturated carbocycles. The molecule has 1 radical (unpaired) electrons. The summed E-state index contributed by atoms with van der Waals surface area (Å²) in [7, 11) is 0. The van der Waals surface area contributed by atoms with Crippen molar-refractivity contribution >= 4 is 52.6 Å². The Bertz CT molecular complexity index is 1730. The third-order valence-electron chi connectivity index (χ3n) is 6.90. The number of benzene rings is 1. The summed E-state index contributed by atoms with van der Waals surface area (Å²) < 4.78 is 55.0. The van der Waals surface area contributed by atoms with Crippen LogP contribution < -0.4 is 9.46 Å². The number of amides is 2. The number of imidazole rings is 2. The first-order chi connectivity index (χ1) is 27.2.